The topological polar surface area (TPSA) is 59.6 Å². The van der Waals surface area contributed by atoms with Crippen molar-refractivity contribution in [2.45, 2.75) is 24.9 Å². The first-order valence-electron chi connectivity index (χ1n) is 8.09. The standard InChI is InChI=1S/C16H18F6N2O3/c17-15(18,19)10-6-11(16(20,21)22)8-12(7-10)26-4-1-2-24-14(25)13-9-23-3-5-27-13/h6-8,13,23H,1-5,9H2,(H,24,25)/t13-/m1/s1. The molecule has 0 radical (unpaired) electrons. The van der Waals surface area contributed by atoms with Gasteiger partial charge in [0.2, 0.25) is 5.91 Å². The fraction of sp³-hybridized carbons (Fsp3) is 0.562. The van der Waals surface area contributed by atoms with E-state index in [0.29, 0.717) is 31.8 Å². The van der Waals surface area contributed by atoms with Crippen LogP contribution >= 0.6 is 0 Å². The fourth-order valence-electron chi connectivity index (χ4n) is 2.33. The van der Waals surface area contributed by atoms with Crippen LogP contribution in [-0.2, 0) is 21.9 Å². The number of halogens is 6. The van der Waals surface area contributed by atoms with Gasteiger partial charge in [0, 0.05) is 19.6 Å². The van der Waals surface area contributed by atoms with Crippen LogP contribution in [0.15, 0.2) is 18.2 Å². The first-order chi connectivity index (χ1) is 12.6. The van der Waals surface area contributed by atoms with Crippen molar-refractivity contribution in [3.63, 3.8) is 0 Å². The minimum Gasteiger partial charge on any atom is -0.493 e. The highest BCUT2D eigenvalue weighted by Gasteiger charge is 2.37. The molecule has 1 saturated heterocycles. The van der Waals surface area contributed by atoms with Gasteiger partial charge in [-0.3, -0.25) is 4.79 Å². The van der Waals surface area contributed by atoms with Gasteiger partial charge in [-0.25, -0.2) is 0 Å². The summed E-state index contributed by atoms with van der Waals surface area (Å²) in [4.78, 5) is 11.8. The minimum atomic E-state index is -4.93. The number of alkyl halides is 6. The van der Waals surface area contributed by atoms with E-state index in [9.17, 15) is 31.1 Å². The number of hydrogen-bond acceptors (Lipinski definition) is 4. The zero-order valence-electron chi connectivity index (χ0n) is 14.0. The smallest absolute Gasteiger partial charge is 0.416 e. The SMILES string of the molecule is O=C(NCCCOc1cc(C(F)(F)F)cc(C(F)(F)F)c1)[C@H]1CNCCO1. The Morgan fingerprint density at radius 3 is 2.30 bits per heavy atom. The van der Waals surface area contributed by atoms with E-state index in [1.807, 2.05) is 0 Å². The third-order valence-corrected chi connectivity index (χ3v) is 3.67. The zero-order chi connectivity index (χ0) is 20.1. The summed E-state index contributed by atoms with van der Waals surface area (Å²) in [6, 6.07) is 1.05. The summed E-state index contributed by atoms with van der Waals surface area (Å²) in [5, 5.41) is 5.55. The summed E-state index contributed by atoms with van der Waals surface area (Å²) in [6.45, 7) is 1.39. The number of rotatable bonds is 6. The molecule has 5 nitrogen and oxygen atoms in total. The highest BCUT2D eigenvalue weighted by molar-refractivity contribution is 5.81. The molecule has 27 heavy (non-hydrogen) atoms. The Morgan fingerprint density at radius 1 is 1.15 bits per heavy atom. The lowest BCUT2D eigenvalue weighted by molar-refractivity contribution is -0.143. The number of carbonyl (C=O) groups excluding carboxylic acids is 1. The van der Waals surface area contributed by atoms with Gasteiger partial charge in [0.15, 0.2) is 0 Å². The molecule has 2 rings (SSSR count). The Hall–Kier alpha value is -2.01. The quantitative estimate of drug-likeness (QED) is 0.570. The van der Waals surface area contributed by atoms with Gasteiger partial charge in [0.25, 0.3) is 0 Å². The third-order valence-electron chi connectivity index (χ3n) is 3.67. The van der Waals surface area contributed by atoms with E-state index in [2.05, 4.69) is 10.6 Å². The second kappa shape index (κ2) is 8.79. The molecular weight excluding hydrogens is 382 g/mol. The van der Waals surface area contributed by atoms with Crippen molar-refractivity contribution in [3.05, 3.63) is 29.3 Å². The monoisotopic (exact) mass is 400 g/mol. The highest BCUT2D eigenvalue weighted by atomic mass is 19.4. The lowest BCUT2D eigenvalue weighted by Crippen LogP contribution is -2.48. The molecule has 0 aromatic heterocycles. The van der Waals surface area contributed by atoms with Crippen LogP contribution in [0.4, 0.5) is 26.3 Å². The average molecular weight is 400 g/mol. The molecule has 11 heteroatoms. The van der Waals surface area contributed by atoms with Crippen molar-refractivity contribution in [2.24, 2.45) is 0 Å². The molecule has 0 unspecified atom stereocenters. The maximum absolute atomic E-state index is 12.8. The molecule has 0 saturated carbocycles. The van der Waals surface area contributed by atoms with Gasteiger partial charge in [-0.1, -0.05) is 0 Å². The molecule has 1 amide bonds. The maximum atomic E-state index is 12.8. The van der Waals surface area contributed by atoms with E-state index in [1.54, 1.807) is 0 Å². The van der Waals surface area contributed by atoms with E-state index in [4.69, 9.17) is 9.47 Å². The Balaban J connectivity index is 1.86. The first-order valence-corrected chi connectivity index (χ1v) is 8.09. The van der Waals surface area contributed by atoms with Gasteiger partial charge in [-0.05, 0) is 24.6 Å². The van der Waals surface area contributed by atoms with Crippen LogP contribution in [0, 0.1) is 0 Å². The molecule has 1 aromatic carbocycles. The summed E-state index contributed by atoms with van der Waals surface area (Å²) >= 11 is 0. The largest absolute Gasteiger partial charge is 0.493 e. The predicted octanol–water partition coefficient (Wildman–Crippen LogP) is 2.60. The molecule has 0 spiro atoms. The van der Waals surface area contributed by atoms with Gasteiger partial charge in [0.1, 0.15) is 11.9 Å². The summed E-state index contributed by atoms with van der Waals surface area (Å²) < 4.78 is 86.8. The summed E-state index contributed by atoms with van der Waals surface area (Å²) in [6.07, 6.45) is -10.3. The molecular formula is C16H18F6N2O3. The molecule has 2 N–H and O–H groups in total. The van der Waals surface area contributed by atoms with Gasteiger partial charge in [0.05, 0.1) is 24.3 Å². The first kappa shape index (κ1) is 21.3. The predicted molar refractivity (Wildman–Crippen MR) is 82.2 cm³/mol. The van der Waals surface area contributed by atoms with Crippen molar-refractivity contribution in [3.8, 4) is 5.75 Å². The summed E-state index contributed by atoms with van der Waals surface area (Å²) in [5.41, 5.74) is -2.88. The number of nitrogens with one attached hydrogen (secondary N) is 2. The summed E-state index contributed by atoms with van der Waals surface area (Å²) in [5.74, 6) is -0.885. The van der Waals surface area contributed by atoms with Crippen molar-refractivity contribution in [2.75, 3.05) is 32.8 Å². The van der Waals surface area contributed by atoms with Gasteiger partial charge >= 0.3 is 12.4 Å². The fourth-order valence-corrected chi connectivity index (χ4v) is 2.33. The van der Waals surface area contributed by atoms with Crippen LogP contribution < -0.4 is 15.4 Å². The normalized spacial score (nSPS) is 18.2. The third kappa shape index (κ3) is 6.58. The number of hydrogen-bond donors (Lipinski definition) is 2. The van der Waals surface area contributed by atoms with Crippen molar-refractivity contribution >= 4 is 5.91 Å². The highest BCUT2D eigenvalue weighted by Crippen LogP contribution is 2.38. The van der Waals surface area contributed by atoms with Gasteiger partial charge in [-0.15, -0.1) is 0 Å². The number of benzene rings is 1. The van der Waals surface area contributed by atoms with E-state index >= 15 is 0 Å². The van der Waals surface area contributed by atoms with Crippen LogP contribution in [0.3, 0.4) is 0 Å². The van der Waals surface area contributed by atoms with Crippen molar-refractivity contribution in [1.82, 2.24) is 10.6 Å². The molecule has 1 heterocycles. The second-order valence-corrected chi connectivity index (χ2v) is 5.80. The molecule has 1 atom stereocenters. The molecule has 0 bridgehead atoms. The second-order valence-electron chi connectivity index (χ2n) is 5.80. The van der Waals surface area contributed by atoms with Crippen LogP contribution in [0.5, 0.6) is 5.75 Å². The Labute approximate surface area is 151 Å². The molecule has 152 valence electrons. The number of ether oxygens (including phenoxy) is 2. The van der Waals surface area contributed by atoms with Crippen LogP contribution in [-0.4, -0.2) is 44.9 Å². The molecule has 1 aliphatic rings. The number of amides is 1. The van der Waals surface area contributed by atoms with E-state index in [0.717, 1.165) is 0 Å². The molecule has 1 aromatic rings. The number of carbonyl (C=O) groups is 1. The lowest BCUT2D eigenvalue weighted by Gasteiger charge is -2.22. The Kier molecular flexibility index (Phi) is 6.93. The molecule has 1 aliphatic heterocycles. The Bertz CT molecular complexity index is 610. The van der Waals surface area contributed by atoms with Gasteiger partial charge < -0.3 is 20.1 Å². The van der Waals surface area contributed by atoms with E-state index in [1.165, 1.54) is 0 Å². The minimum absolute atomic E-state index is 0.0330. The van der Waals surface area contributed by atoms with Crippen molar-refractivity contribution < 1.29 is 40.6 Å². The molecule has 0 aliphatic carbocycles. The van der Waals surface area contributed by atoms with Crippen LogP contribution in [0.1, 0.15) is 17.5 Å². The molecule has 1 fully saturated rings. The Morgan fingerprint density at radius 2 is 1.78 bits per heavy atom. The average Bonchev–Trinajstić information content (AvgIpc) is 2.60. The van der Waals surface area contributed by atoms with Crippen LogP contribution in [0.2, 0.25) is 0 Å². The number of morpholine rings is 1. The van der Waals surface area contributed by atoms with Crippen LogP contribution in [0.25, 0.3) is 0 Å². The maximum Gasteiger partial charge on any atom is 0.416 e. The van der Waals surface area contributed by atoms with E-state index < -0.39 is 35.3 Å². The van der Waals surface area contributed by atoms with E-state index in [-0.39, 0.29) is 31.5 Å². The van der Waals surface area contributed by atoms with Crippen molar-refractivity contribution in [1.29, 1.82) is 0 Å². The summed E-state index contributed by atoms with van der Waals surface area (Å²) in [7, 11) is 0. The van der Waals surface area contributed by atoms with Gasteiger partial charge in [-0.2, -0.15) is 26.3 Å². The lowest BCUT2D eigenvalue weighted by atomic mass is 10.1. The zero-order valence-corrected chi connectivity index (χ0v) is 14.0.